The maximum atomic E-state index is 12.9. The van der Waals surface area contributed by atoms with Crippen LogP contribution in [0.2, 0.25) is 0 Å². The molecule has 0 aliphatic rings. The standard InChI is InChI=1S/C17H16FNO2/c1-3-13-10-12(11-19-21-2)4-9-16(13)17(20)14-5-7-15(18)8-6-14/h4-11H,3H2,1-2H3. The number of benzene rings is 2. The van der Waals surface area contributed by atoms with Crippen LogP contribution >= 0.6 is 0 Å². The largest absolute Gasteiger partial charge is 0.399 e. The zero-order valence-electron chi connectivity index (χ0n) is 12.0. The molecule has 0 unspecified atom stereocenters. The number of carbonyl (C=O) groups is 1. The van der Waals surface area contributed by atoms with Gasteiger partial charge in [0, 0.05) is 11.1 Å². The average molecular weight is 285 g/mol. The van der Waals surface area contributed by atoms with Gasteiger partial charge in [0.05, 0.1) is 6.21 Å². The molecular formula is C17H16FNO2. The fourth-order valence-electron chi connectivity index (χ4n) is 2.08. The van der Waals surface area contributed by atoms with Gasteiger partial charge in [0.2, 0.25) is 0 Å². The lowest BCUT2D eigenvalue weighted by atomic mass is 9.95. The highest BCUT2D eigenvalue weighted by Crippen LogP contribution is 2.17. The van der Waals surface area contributed by atoms with Crippen LogP contribution in [0.25, 0.3) is 0 Å². The Morgan fingerprint density at radius 1 is 1.24 bits per heavy atom. The first-order valence-electron chi connectivity index (χ1n) is 6.65. The normalized spacial score (nSPS) is 10.8. The summed E-state index contributed by atoms with van der Waals surface area (Å²) in [5.74, 6) is -0.463. The highest BCUT2D eigenvalue weighted by Gasteiger charge is 2.13. The van der Waals surface area contributed by atoms with Crippen molar-refractivity contribution in [3.8, 4) is 0 Å². The molecule has 0 fully saturated rings. The zero-order valence-corrected chi connectivity index (χ0v) is 12.0. The summed E-state index contributed by atoms with van der Waals surface area (Å²) in [6.07, 6.45) is 2.31. The summed E-state index contributed by atoms with van der Waals surface area (Å²) in [7, 11) is 1.48. The van der Waals surface area contributed by atoms with Gasteiger partial charge in [0.15, 0.2) is 5.78 Å². The first kappa shape index (κ1) is 14.9. The van der Waals surface area contributed by atoms with Crippen molar-refractivity contribution < 1.29 is 14.0 Å². The van der Waals surface area contributed by atoms with Crippen molar-refractivity contribution in [3.05, 3.63) is 70.5 Å². The highest BCUT2D eigenvalue weighted by atomic mass is 19.1. The molecule has 0 aliphatic carbocycles. The van der Waals surface area contributed by atoms with Crippen molar-refractivity contribution in [1.29, 1.82) is 0 Å². The topological polar surface area (TPSA) is 38.7 Å². The minimum atomic E-state index is -0.353. The first-order valence-corrected chi connectivity index (χ1v) is 6.65. The molecule has 21 heavy (non-hydrogen) atoms. The Bertz CT molecular complexity index is 663. The second kappa shape index (κ2) is 6.79. The van der Waals surface area contributed by atoms with E-state index < -0.39 is 0 Å². The summed E-state index contributed by atoms with van der Waals surface area (Å²) in [6, 6.07) is 11.0. The number of halogens is 1. The smallest absolute Gasteiger partial charge is 0.193 e. The van der Waals surface area contributed by atoms with Crippen molar-refractivity contribution in [2.75, 3.05) is 7.11 Å². The predicted octanol–water partition coefficient (Wildman–Crippen LogP) is 3.60. The van der Waals surface area contributed by atoms with Gasteiger partial charge in [0.25, 0.3) is 0 Å². The van der Waals surface area contributed by atoms with Crippen LogP contribution in [0.3, 0.4) is 0 Å². The van der Waals surface area contributed by atoms with E-state index in [0.717, 1.165) is 17.5 Å². The molecule has 4 heteroatoms. The number of ketones is 1. The van der Waals surface area contributed by atoms with Gasteiger partial charge in [-0.3, -0.25) is 4.79 Å². The molecule has 0 heterocycles. The molecule has 0 aromatic heterocycles. The van der Waals surface area contributed by atoms with Crippen LogP contribution in [-0.2, 0) is 11.3 Å². The average Bonchev–Trinajstić information content (AvgIpc) is 2.52. The van der Waals surface area contributed by atoms with Crippen molar-refractivity contribution >= 4 is 12.0 Å². The molecule has 0 radical (unpaired) electrons. The number of hydrogen-bond acceptors (Lipinski definition) is 3. The third kappa shape index (κ3) is 3.54. The lowest BCUT2D eigenvalue weighted by molar-refractivity contribution is 0.103. The summed E-state index contributed by atoms with van der Waals surface area (Å²) in [6.45, 7) is 1.98. The number of rotatable bonds is 5. The monoisotopic (exact) mass is 285 g/mol. The van der Waals surface area contributed by atoms with Crippen LogP contribution in [0.5, 0.6) is 0 Å². The third-order valence-corrected chi connectivity index (χ3v) is 3.17. The Hall–Kier alpha value is -2.49. The van der Waals surface area contributed by atoms with Gasteiger partial charge < -0.3 is 4.84 Å². The van der Waals surface area contributed by atoms with Crippen molar-refractivity contribution in [2.24, 2.45) is 5.16 Å². The van der Waals surface area contributed by atoms with Crippen molar-refractivity contribution in [3.63, 3.8) is 0 Å². The molecule has 0 bridgehead atoms. The van der Waals surface area contributed by atoms with Crippen LogP contribution in [0.1, 0.15) is 34.0 Å². The lowest BCUT2D eigenvalue weighted by Crippen LogP contribution is -2.06. The second-order valence-corrected chi connectivity index (χ2v) is 4.52. The van der Waals surface area contributed by atoms with Gasteiger partial charge in [-0.05, 0) is 47.9 Å². The first-order chi connectivity index (χ1) is 10.2. The Morgan fingerprint density at radius 3 is 2.57 bits per heavy atom. The number of oxime groups is 1. The molecule has 2 rings (SSSR count). The van der Waals surface area contributed by atoms with E-state index in [1.165, 1.54) is 31.4 Å². The van der Waals surface area contributed by atoms with Gasteiger partial charge in [0.1, 0.15) is 12.9 Å². The molecule has 0 atom stereocenters. The van der Waals surface area contributed by atoms with E-state index in [4.69, 9.17) is 0 Å². The molecule has 2 aromatic rings. The molecule has 2 aromatic carbocycles. The van der Waals surface area contributed by atoms with E-state index in [-0.39, 0.29) is 11.6 Å². The third-order valence-electron chi connectivity index (χ3n) is 3.17. The van der Waals surface area contributed by atoms with E-state index in [0.29, 0.717) is 11.1 Å². The minimum Gasteiger partial charge on any atom is -0.399 e. The molecule has 0 saturated carbocycles. The summed E-state index contributed by atoms with van der Waals surface area (Å²) in [4.78, 5) is 17.1. The molecule has 0 N–H and O–H groups in total. The SMILES string of the molecule is CCc1cc(C=NOC)ccc1C(=O)c1ccc(F)cc1. The van der Waals surface area contributed by atoms with Gasteiger partial charge in [-0.15, -0.1) is 0 Å². The zero-order chi connectivity index (χ0) is 15.2. The van der Waals surface area contributed by atoms with Gasteiger partial charge in [-0.25, -0.2) is 4.39 Å². The predicted molar refractivity (Wildman–Crippen MR) is 80.3 cm³/mol. The Labute approximate surface area is 123 Å². The quantitative estimate of drug-likeness (QED) is 0.478. The number of nitrogens with zero attached hydrogens (tertiary/aromatic N) is 1. The highest BCUT2D eigenvalue weighted by molar-refractivity contribution is 6.10. The molecule has 0 saturated heterocycles. The molecule has 0 amide bonds. The maximum Gasteiger partial charge on any atom is 0.193 e. The lowest BCUT2D eigenvalue weighted by Gasteiger charge is -2.08. The summed E-state index contributed by atoms with van der Waals surface area (Å²) >= 11 is 0. The number of aryl methyl sites for hydroxylation is 1. The molecule has 3 nitrogen and oxygen atoms in total. The van der Waals surface area contributed by atoms with Crippen LogP contribution in [0.15, 0.2) is 47.6 Å². The van der Waals surface area contributed by atoms with Gasteiger partial charge in [-0.2, -0.15) is 0 Å². The van der Waals surface area contributed by atoms with Crippen LogP contribution in [-0.4, -0.2) is 19.1 Å². The maximum absolute atomic E-state index is 12.9. The van der Waals surface area contributed by atoms with E-state index in [1.54, 1.807) is 18.3 Å². The van der Waals surface area contributed by atoms with Crippen LogP contribution in [0, 0.1) is 5.82 Å². The molecule has 0 aliphatic heterocycles. The fraction of sp³-hybridized carbons (Fsp3) is 0.176. The van der Waals surface area contributed by atoms with E-state index >= 15 is 0 Å². The van der Waals surface area contributed by atoms with Crippen molar-refractivity contribution in [2.45, 2.75) is 13.3 Å². The van der Waals surface area contributed by atoms with Gasteiger partial charge in [-0.1, -0.05) is 24.2 Å². The summed E-state index contributed by atoms with van der Waals surface area (Å²) in [5.41, 5.74) is 2.89. The van der Waals surface area contributed by atoms with Crippen LogP contribution in [0.4, 0.5) is 4.39 Å². The minimum absolute atomic E-state index is 0.109. The van der Waals surface area contributed by atoms with Crippen LogP contribution < -0.4 is 0 Å². The fourth-order valence-corrected chi connectivity index (χ4v) is 2.08. The second-order valence-electron chi connectivity index (χ2n) is 4.52. The summed E-state index contributed by atoms with van der Waals surface area (Å²) < 4.78 is 12.9. The van der Waals surface area contributed by atoms with E-state index in [1.807, 2.05) is 13.0 Å². The number of carbonyl (C=O) groups excluding carboxylic acids is 1. The number of hydrogen-bond donors (Lipinski definition) is 0. The van der Waals surface area contributed by atoms with E-state index in [2.05, 4.69) is 9.99 Å². The Balaban J connectivity index is 2.36. The molecular weight excluding hydrogens is 269 g/mol. The molecule has 0 spiro atoms. The van der Waals surface area contributed by atoms with Crippen molar-refractivity contribution in [1.82, 2.24) is 0 Å². The molecule has 108 valence electrons. The van der Waals surface area contributed by atoms with E-state index in [9.17, 15) is 9.18 Å². The summed E-state index contributed by atoms with van der Waals surface area (Å²) in [5, 5.41) is 3.71. The van der Waals surface area contributed by atoms with Gasteiger partial charge >= 0.3 is 0 Å². The Morgan fingerprint density at radius 2 is 1.95 bits per heavy atom. The Kier molecular flexibility index (Phi) is 4.82.